The van der Waals surface area contributed by atoms with Crippen molar-refractivity contribution in [1.29, 1.82) is 0 Å². The van der Waals surface area contributed by atoms with Crippen molar-refractivity contribution in [3.05, 3.63) is 425 Å². The molecule has 0 unspecified atom stereocenters. The molecule has 6 nitrogen and oxygen atoms in total. The fourth-order valence-corrected chi connectivity index (χ4v) is 16.9. The molecule has 0 radical (unpaired) electrons. The van der Waals surface area contributed by atoms with Crippen LogP contribution < -0.4 is 0 Å². The zero-order valence-corrected chi connectivity index (χ0v) is 63.1. The molecule has 4 heterocycles. The van der Waals surface area contributed by atoms with E-state index in [0.717, 1.165) is 133 Å². The lowest BCUT2D eigenvalue weighted by Crippen LogP contribution is -2.00. The van der Waals surface area contributed by atoms with Crippen LogP contribution in [-0.4, -0.2) is 29.9 Å². The lowest BCUT2D eigenvalue weighted by atomic mass is 9.89. The van der Waals surface area contributed by atoms with Gasteiger partial charge in [-0.05, 0) is 146 Å². The molecule has 0 aliphatic carbocycles. The van der Waals surface area contributed by atoms with Gasteiger partial charge in [0.15, 0.2) is 17.5 Å². The summed E-state index contributed by atoms with van der Waals surface area (Å²) in [5.41, 5.74) is 24.6. The quantitative estimate of drug-likeness (QED) is 0.113. The molecule has 6 heteroatoms. The van der Waals surface area contributed by atoms with Gasteiger partial charge in [0.25, 0.3) is 0 Å². The number of hydrogen-bond donors (Lipinski definition) is 0. The minimum atomic E-state index is 0.631. The summed E-state index contributed by atoms with van der Waals surface area (Å²) in [6.07, 6.45) is 0. The second-order valence-corrected chi connectivity index (χ2v) is 29.5. The summed E-state index contributed by atoms with van der Waals surface area (Å²) in [7, 11) is 0. The molecule has 0 aliphatic heterocycles. The second-order valence-electron chi connectivity index (χ2n) is 29.5. The Balaban J connectivity index is 0.000000145. The Morgan fingerprint density at radius 2 is 0.397 bits per heavy atom. The van der Waals surface area contributed by atoms with E-state index in [0.29, 0.717) is 17.5 Å². The number of nitrogens with zero attached hydrogens (tertiary/aromatic N) is 6. The first-order valence-electron chi connectivity index (χ1n) is 39.4. The first-order chi connectivity index (χ1) is 57.5. The third kappa shape index (κ3) is 12.8. The van der Waals surface area contributed by atoms with E-state index >= 15 is 0 Å². The van der Waals surface area contributed by atoms with Gasteiger partial charge in [-0.2, -0.15) is 0 Å². The van der Waals surface area contributed by atoms with Gasteiger partial charge < -0.3 is 0 Å². The molecule has 0 bridgehead atoms. The van der Waals surface area contributed by atoms with Crippen LogP contribution in [0.2, 0.25) is 0 Å². The number of pyridine rings is 3. The molecule has 4 aromatic heterocycles. The zero-order valence-electron chi connectivity index (χ0n) is 63.1. The fraction of sp³-hybridized carbons (Fsp3) is 0. The normalized spacial score (nSPS) is 11.4. The van der Waals surface area contributed by atoms with Gasteiger partial charge in [0.1, 0.15) is 0 Å². The molecule has 0 spiro atoms. The van der Waals surface area contributed by atoms with Crippen molar-refractivity contribution < 1.29 is 0 Å². The van der Waals surface area contributed by atoms with Gasteiger partial charge in [-0.1, -0.05) is 388 Å². The standard InChI is InChI=1S/C56H36N2.C54H34N4/c1-3-17-41(18-4-1)53-33-43(34-54(57-53)42-19-5-2-6-20-42)37-29-31-40(32-30-37)50-35-52-51(46-27-13-21-38-15-7-9-23-44(38)46)36-55(58-56(52)49-26-12-11-25-47(49)50)48-28-14-22-39-16-8-10-24-45(39)48;1-3-17-38(18-4-1)52-56-53(39-19-5-2-6-20-39)58-54(57-52)40-31-29-37(30-32-40)47-33-49-48(43-27-13-21-35-15-7-9-23-41(35)43)34-50(55-51(49)46-26-12-11-25-44(46)47)45-28-14-22-36-16-8-10-24-42(36)45/h1-36H;1-34H. The first-order valence-corrected chi connectivity index (χ1v) is 39.4. The van der Waals surface area contributed by atoms with E-state index in [2.05, 4.69) is 352 Å². The first kappa shape index (κ1) is 68.5. The summed E-state index contributed by atoms with van der Waals surface area (Å²) < 4.78 is 0. The maximum Gasteiger partial charge on any atom is 0.164 e. The van der Waals surface area contributed by atoms with Crippen molar-refractivity contribution in [3.63, 3.8) is 0 Å². The second kappa shape index (κ2) is 29.6. The summed E-state index contributed by atoms with van der Waals surface area (Å²) in [6.45, 7) is 0. The lowest BCUT2D eigenvalue weighted by molar-refractivity contribution is 1.07. The van der Waals surface area contributed by atoms with Crippen molar-refractivity contribution in [1.82, 2.24) is 29.9 Å². The van der Waals surface area contributed by atoms with Crippen molar-refractivity contribution in [3.8, 4) is 135 Å². The highest BCUT2D eigenvalue weighted by Crippen LogP contribution is 2.47. The highest BCUT2D eigenvalue weighted by molar-refractivity contribution is 6.20. The van der Waals surface area contributed by atoms with Gasteiger partial charge in [0.05, 0.1) is 33.8 Å². The Morgan fingerprint density at radius 3 is 0.767 bits per heavy atom. The number of hydrogen-bond acceptors (Lipinski definition) is 6. The summed E-state index contributed by atoms with van der Waals surface area (Å²) in [6, 6.07) is 151. The molecule has 22 rings (SSSR count). The van der Waals surface area contributed by atoms with Gasteiger partial charge in [0.2, 0.25) is 0 Å². The largest absolute Gasteiger partial charge is 0.248 e. The van der Waals surface area contributed by atoms with Crippen molar-refractivity contribution in [2.75, 3.05) is 0 Å². The van der Waals surface area contributed by atoms with E-state index in [-0.39, 0.29) is 0 Å². The van der Waals surface area contributed by atoms with Crippen LogP contribution in [0.1, 0.15) is 0 Å². The van der Waals surface area contributed by atoms with E-state index in [4.69, 9.17) is 29.9 Å². The minimum Gasteiger partial charge on any atom is -0.248 e. The summed E-state index contributed by atoms with van der Waals surface area (Å²) in [5, 5.41) is 16.5. The Hall–Kier alpha value is -15.5. The van der Waals surface area contributed by atoms with E-state index in [1.807, 2.05) is 72.8 Å². The number of rotatable bonds is 12. The Morgan fingerprint density at radius 1 is 0.121 bits per heavy atom. The zero-order chi connectivity index (χ0) is 76.8. The number of fused-ring (bicyclic) bond motifs is 10. The van der Waals surface area contributed by atoms with Crippen LogP contribution in [0.5, 0.6) is 0 Å². The summed E-state index contributed by atoms with van der Waals surface area (Å²) in [4.78, 5) is 31.0. The highest BCUT2D eigenvalue weighted by atomic mass is 15.0. The molecule has 0 N–H and O–H groups in total. The smallest absolute Gasteiger partial charge is 0.164 e. The van der Waals surface area contributed by atoms with E-state index in [1.165, 1.54) is 70.7 Å². The molecule has 18 aromatic carbocycles. The molecular formula is C110H70N6. The average molecular weight is 1480 g/mol. The Labute approximate surface area is 671 Å². The van der Waals surface area contributed by atoms with E-state index in [1.54, 1.807) is 0 Å². The monoisotopic (exact) mass is 1470 g/mol. The fourth-order valence-electron chi connectivity index (χ4n) is 16.9. The van der Waals surface area contributed by atoms with Crippen LogP contribution >= 0.6 is 0 Å². The van der Waals surface area contributed by atoms with Crippen LogP contribution in [0.4, 0.5) is 0 Å². The molecule has 0 fully saturated rings. The molecule has 0 amide bonds. The van der Waals surface area contributed by atoms with Gasteiger partial charge in [-0.25, -0.2) is 29.9 Å². The molecule has 0 saturated heterocycles. The summed E-state index contributed by atoms with van der Waals surface area (Å²) in [5.74, 6) is 1.92. The van der Waals surface area contributed by atoms with Crippen molar-refractivity contribution in [2.45, 2.75) is 0 Å². The van der Waals surface area contributed by atoms with Gasteiger partial charge >= 0.3 is 0 Å². The van der Waals surface area contributed by atoms with Gasteiger partial charge in [-0.15, -0.1) is 0 Å². The Kier molecular flexibility index (Phi) is 17.5. The van der Waals surface area contributed by atoms with E-state index in [9.17, 15) is 0 Å². The maximum absolute atomic E-state index is 5.54. The number of aromatic nitrogens is 6. The van der Waals surface area contributed by atoms with Gasteiger partial charge in [0, 0.05) is 60.5 Å². The van der Waals surface area contributed by atoms with Crippen LogP contribution in [-0.2, 0) is 0 Å². The highest BCUT2D eigenvalue weighted by Gasteiger charge is 2.23. The van der Waals surface area contributed by atoms with Crippen LogP contribution in [0.3, 0.4) is 0 Å². The molecule has 0 atom stereocenters. The third-order valence-electron chi connectivity index (χ3n) is 22.6. The topological polar surface area (TPSA) is 77.3 Å². The lowest BCUT2D eigenvalue weighted by Gasteiger charge is -2.17. The molecule has 0 aliphatic rings. The van der Waals surface area contributed by atoms with Crippen LogP contribution in [0.25, 0.3) is 221 Å². The van der Waals surface area contributed by atoms with Crippen LogP contribution in [0, 0.1) is 0 Å². The van der Waals surface area contributed by atoms with Crippen LogP contribution in [0.15, 0.2) is 425 Å². The summed E-state index contributed by atoms with van der Waals surface area (Å²) >= 11 is 0. The molecule has 0 saturated carbocycles. The molecular weight excluding hydrogens is 1410 g/mol. The number of benzene rings is 18. The third-order valence-corrected chi connectivity index (χ3v) is 22.6. The van der Waals surface area contributed by atoms with Crippen molar-refractivity contribution >= 4 is 86.4 Å². The average Bonchev–Trinajstić information content (AvgIpc) is 0.736. The molecule has 22 aromatic rings. The maximum atomic E-state index is 5.54. The molecule has 540 valence electrons. The SMILES string of the molecule is c1ccc(-c2cc(-c3ccc(-c4cc5c(-c6cccc7ccccc67)cc(-c6cccc7ccccc67)nc5c5ccccc45)cc3)cc(-c3ccccc3)n2)cc1.c1ccc(-c2nc(-c3ccccc3)nc(-c3ccc(-c4cc5c(-c6cccc7ccccc67)cc(-c6cccc7ccccc67)nc5c5ccccc45)cc3)n2)cc1. The minimum absolute atomic E-state index is 0.631. The molecule has 116 heavy (non-hydrogen) atoms. The van der Waals surface area contributed by atoms with Gasteiger partial charge in [-0.3, -0.25) is 0 Å². The van der Waals surface area contributed by atoms with Crippen molar-refractivity contribution in [2.24, 2.45) is 0 Å². The van der Waals surface area contributed by atoms with E-state index < -0.39 is 0 Å². The predicted molar refractivity (Wildman–Crippen MR) is 485 cm³/mol. The Bertz CT molecular complexity index is 6950. The predicted octanol–water partition coefficient (Wildman–Crippen LogP) is 29.0.